The third-order valence-corrected chi connectivity index (χ3v) is 3.60. The lowest BCUT2D eigenvalue weighted by Gasteiger charge is -2.34. The quantitative estimate of drug-likeness (QED) is 0.898. The number of aliphatic hydroxyl groups excluding tert-OH is 1. The average Bonchev–Trinajstić information content (AvgIpc) is 2.42. The van der Waals surface area contributed by atoms with Crippen molar-refractivity contribution in [2.45, 2.75) is 39.9 Å². The van der Waals surface area contributed by atoms with Crippen LogP contribution in [0.5, 0.6) is 0 Å². The third-order valence-electron chi connectivity index (χ3n) is 3.60. The Morgan fingerprint density at radius 1 is 1.05 bits per heavy atom. The molecule has 0 aromatic heterocycles. The smallest absolute Gasteiger partial charge is 0.106 e. The first kappa shape index (κ1) is 15.0. The van der Waals surface area contributed by atoms with Gasteiger partial charge in [0, 0.05) is 6.61 Å². The van der Waals surface area contributed by atoms with Crippen LogP contribution in [0.15, 0.2) is 42.5 Å². The molecule has 0 aliphatic carbocycles. The fourth-order valence-electron chi connectivity index (χ4n) is 2.56. The second-order valence-corrected chi connectivity index (χ2v) is 6.29. The summed E-state index contributed by atoms with van der Waals surface area (Å²) in [6, 6.07) is 14.3. The Morgan fingerprint density at radius 2 is 1.70 bits per heavy atom. The number of hydrogen-bond acceptors (Lipinski definition) is 2. The van der Waals surface area contributed by atoms with Gasteiger partial charge in [-0.15, -0.1) is 0 Å². The van der Waals surface area contributed by atoms with E-state index in [1.807, 2.05) is 25.1 Å². The van der Waals surface area contributed by atoms with Crippen molar-refractivity contribution in [2.75, 3.05) is 6.61 Å². The molecule has 2 heteroatoms. The molecule has 108 valence electrons. The van der Waals surface area contributed by atoms with Crippen molar-refractivity contribution in [3.05, 3.63) is 48.0 Å². The summed E-state index contributed by atoms with van der Waals surface area (Å²) < 4.78 is 5.78. The largest absolute Gasteiger partial charge is 0.386 e. The van der Waals surface area contributed by atoms with Crippen molar-refractivity contribution in [1.29, 1.82) is 0 Å². The molecule has 2 rings (SSSR count). The summed E-state index contributed by atoms with van der Waals surface area (Å²) in [6.45, 7) is 8.85. The van der Waals surface area contributed by atoms with Crippen LogP contribution in [0.25, 0.3) is 10.8 Å². The molecule has 2 nitrogen and oxygen atoms in total. The predicted octanol–water partition coefficient (Wildman–Crippen LogP) is 4.32. The minimum Gasteiger partial charge on any atom is -0.386 e. The van der Waals surface area contributed by atoms with Crippen LogP contribution in [0.1, 0.15) is 39.4 Å². The van der Waals surface area contributed by atoms with Gasteiger partial charge in [0.15, 0.2) is 0 Å². The number of fused-ring (bicyclic) bond motifs is 1. The molecule has 0 aliphatic rings. The van der Waals surface area contributed by atoms with Gasteiger partial charge in [-0.25, -0.2) is 0 Å². The predicted molar refractivity (Wildman–Crippen MR) is 83.8 cm³/mol. The summed E-state index contributed by atoms with van der Waals surface area (Å²) in [5.74, 6) is 0. The van der Waals surface area contributed by atoms with Gasteiger partial charge < -0.3 is 9.84 Å². The lowest BCUT2D eigenvalue weighted by Crippen LogP contribution is -2.35. The standard InChI is InChI=1S/C18H24O2/c1-5-20-17(18(2,3)4)16(19)15-11-10-13-8-6-7-9-14(13)12-15/h6-12,16-17,19H,5H2,1-4H3. The van der Waals surface area contributed by atoms with E-state index in [0.29, 0.717) is 6.61 Å². The second kappa shape index (κ2) is 5.94. The Labute approximate surface area is 121 Å². The minimum atomic E-state index is -0.612. The molecule has 2 aromatic carbocycles. The maximum absolute atomic E-state index is 10.7. The monoisotopic (exact) mass is 272 g/mol. The van der Waals surface area contributed by atoms with Crippen molar-refractivity contribution in [3.8, 4) is 0 Å². The Bertz CT molecular complexity index is 569. The first-order valence-corrected chi connectivity index (χ1v) is 7.22. The first-order chi connectivity index (χ1) is 9.43. The van der Waals surface area contributed by atoms with E-state index in [1.54, 1.807) is 0 Å². The van der Waals surface area contributed by atoms with Gasteiger partial charge in [-0.2, -0.15) is 0 Å². The topological polar surface area (TPSA) is 29.5 Å². The molecule has 2 atom stereocenters. The van der Waals surface area contributed by atoms with E-state index in [2.05, 4.69) is 45.0 Å². The van der Waals surface area contributed by atoms with Crippen LogP contribution < -0.4 is 0 Å². The Hall–Kier alpha value is -1.38. The van der Waals surface area contributed by atoms with Gasteiger partial charge in [-0.1, -0.05) is 57.2 Å². The van der Waals surface area contributed by atoms with Crippen LogP contribution in [0.2, 0.25) is 0 Å². The van der Waals surface area contributed by atoms with Crippen molar-refractivity contribution in [1.82, 2.24) is 0 Å². The van der Waals surface area contributed by atoms with E-state index < -0.39 is 6.10 Å². The normalized spacial score (nSPS) is 15.2. The average molecular weight is 272 g/mol. The maximum Gasteiger partial charge on any atom is 0.106 e. The molecule has 0 fully saturated rings. The molecule has 0 aliphatic heterocycles. The van der Waals surface area contributed by atoms with Gasteiger partial charge in [0.05, 0.1) is 6.10 Å². The highest BCUT2D eigenvalue weighted by Crippen LogP contribution is 2.33. The minimum absolute atomic E-state index is 0.110. The summed E-state index contributed by atoms with van der Waals surface area (Å²) in [5.41, 5.74) is 0.804. The van der Waals surface area contributed by atoms with Crippen molar-refractivity contribution in [3.63, 3.8) is 0 Å². The van der Waals surface area contributed by atoms with Crippen LogP contribution in [-0.2, 0) is 4.74 Å². The SMILES string of the molecule is CCOC(C(O)c1ccc2ccccc2c1)C(C)(C)C. The van der Waals surface area contributed by atoms with Crippen LogP contribution in [0.3, 0.4) is 0 Å². The number of ether oxygens (including phenoxy) is 1. The molecule has 20 heavy (non-hydrogen) atoms. The molecule has 0 bridgehead atoms. The molecular weight excluding hydrogens is 248 g/mol. The maximum atomic E-state index is 10.7. The van der Waals surface area contributed by atoms with Gasteiger partial charge in [0.1, 0.15) is 6.10 Å². The van der Waals surface area contributed by atoms with Crippen LogP contribution in [0, 0.1) is 5.41 Å². The van der Waals surface area contributed by atoms with E-state index >= 15 is 0 Å². The highest BCUT2D eigenvalue weighted by molar-refractivity contribution is 5.83. The van der Waals surface area contributed by atoms with Gasteiger partial charge in [-0.05, 0) is 34.7 Å². The summed E-state index contributed by atoms with van der Waals surface area (Å²) in [5, 5.41) is 13.0. The second-order valence-electron chi connectivity index (χ2n) is 6.29. The third kappa shape index (κ3) is 3.20. The number of aliphatic hydroxyl groups is 1. The summed E-state index contributed by atoms with van der Waals surface area (Å²) >= 11 is 0. The van der Waals surface area contributed by atoms with Crippen LogP contribution in [0.4, 0.5) is 0 Å². The highest BCUT2D eigenvalue weighted by Gasteiger charge is 2.32. The summed E-state index contributed by atoms with van der Waals surface area (Å²) in [7, 11) is 0. The highest BCUT2D eigenvalue weighted by atomic mass is 16.5. The van der Waals surface area contributed by atoms with Gasteiger partial charge >= 0.3 is 0 Å². The van der Waals surface area contributed by atoms with Crippen LogP contribution >= 0.6 is 0 Å². The molecule has 0 amide bonds. The van der Waals surface area contributed by atoms with E-state index in [4.69, 9.17) is 4.74 Å². The first-order valence-electron chi connectivity index (χ1n) is 7.22. The van der Waals surface area contributed by atoms with Gasteiger partial charge in [0.2, 0.25) is 0 Å². The summed E-state index contributed by atoms with van der Waals surface area (Å²) in [4.78, 5) is 0. The van der Waals surface area contributed by atoms with Crippen molar-refractivity contribution in [2.24, 2.45) is 5.41 Å². The van der Waals surface area contributed by atoms with Gasteiger partial charge in [0.25, 0.3) is 0 Å². The lowest BCUT2D eigenvalue weighted by atomic mass is 9.83. The van der Waals surface area contributed by atoms with Crippen molar-refractivity contribution >= 4 is 10.8 Å². The Balaban J connectivity index is 2.35. The Kier molecular flexibility index (Phi) is 4.46. The molecule has 0 saturated carbocycles. The summed E-state index contributed by atoms with van der Waals surface area (Å²) in [6.07, 6.45) is -0.826. The molecule has 0 heterocycles. The Morgan fingerprint density at radius 3 is 2.30 bits per heavy atom. The molecule has 0 saturated heterocycles. The van der Waals surface area contributed by atoms with Crippen molar-refractivity contribution < 1.29 is 9.84 Å². The molecule has 2 unspecified atom stereocenters. The lowest BCUT2D eigenvalue weighted by molar-refractivity contribution is -0.0898. The number of benzene rings is 2. The fraction of sp³-hybridized carbons (Fsp3) is 0.444. The number of hydrogen-bond donors (Lipinski definition) is 1. The fourth-order valence-corrected chi connectivity index (χ4v) is 2.56. The van der Waals surface area contributed by atoms with E-state index in [-0.39, 0.29) is 11.5 Å². The van der Waals surface area contributed by atoms with Crippen LogP contribution in [-0.4, -0.2) is 17.8 Å². The van der Waals surface area contributed by atoms with E-state index in [1.165, 1.54) is 5.39 Å². The molecule has 0 radical (unpaired) electrons. The molecular formula is C18H24O2. The molecule has 0 spiro atoms. The number of rotatable bonds is 4. The zero-order valence-electron chi connectivity index (χ0n) is 12.8. The zero-order valence-corrected chi connectivity index (χ0v) is 12.8. The van der Waals surface area contributed by atoms with Gasteiger partial charge in [-0.3, -0.25) is 0 Å². The van der Waals surface area contributed by atoms with E-state index in [0.717, 1.165) is 10.9 Å². The zero-order chi connectivity index (χ0) is 14.8. The molecule has 1 N–H and O–H groups in total. The molecule has 2 aromatic rings. The van der Waals surface area contributed by atoms with E-state index in [9.17, 15) is 5.11 Å².